The van der Waals surface area contributed by atoms with Gasteiger partial charge in [-0.15, -0.1) is 0 Å². The van der Waals surface area contributed by atoms with Gasteiger partial charge in [0.25, 0.3) is 0 Å². The van der Waals surface area contributed by atoms with Crippen molar-refractivity contribution in [3.05, 3.63) is 23.8 Å². The van der Waals surface area contributed by atoms with Gasteiger partial charge in [0.1, 0.15) is 5.75 Å². The number of aryl methyl sites for hydroxylation is 1. The second-order valence-electron chi connectivity index (χ2n) is 3.90. The highest BCUT2D eigenvalue weighted by Gasteiger charge is 2.22. The first-order valence-corrected chi connectivity index (χ1v) is 5.38. The van der Waals surface area contributed by atoms with E-state index in [2.05, 4.69) is 5.32 Å². The van der Waals surface area contributed by atoms with Crippen molar-refractivity contribution in [3.8, 4) is 5.75 Å². The summed E-state index contributed by atoms with van der Waals surface area (Å²) in [5.74, 6) is 0.844. The highest BCUT2D eigenvalue weighted by Crippen LogP contribution is 2.29. The van der Waals surface area contributed by atoms with Crippen molar-refractivity contribution in [2.24, 2.45) is 0 Å². The number of nitrogens with one attached hydrogen (secondary N) is 1. The van der Waals surface area contributed by atoms with Gasteiger partial charge in [-0.05, 0) is 24.6 Å². The van der Waals surface area contributed by atoms with E-state index in [0.717, 1.165) is 23.5 Å². The first-order valence-electron chi connectivity index (χ1n) is 5.38. The molecule has 0 aromatic heterocycles. The molecule has 4 heteroatoms. The van der Waals surface area contributed by atoms with Crippen LogP contribution in [0.4, 0.5) is 5.69 Å². The van der Waals surface area contributed by atoms with Crippen LogP contribution >= 0.6 is 0 Å². The number of hydrogen-bond acceptors (Lipinski definition) is 3. The van der Waals surface area contributed by atoms with E-state index in [-0.39, 0.29) is 5.91 Å². The number of methoxy groups -OCH3 is 1. The average molecular weight is 220 g/mol. The lowest BCUT2D eigenvalue weighted by Gasteiger charge is -2.28. The van der Waals surface area contributed by atoms with Gasteiger partial charge < -0.3 is 15.0 Å². The van der Waals surface area contributed by atoms with Gasteiger partial charge in [0.05, 0.1) is 19.3 Å². The quantitative estimate of drug-likeness (QED) is 0.806. The second kappa shape index (κ2) is 4.53. The fraction of sp³-hybridized carbons (Fsp3) is 0.417. The van der Waals surface area contributed by atoms with Crippen molar-refractivity contribution < 1.29 is 9.53 Å². The molecule has 4 nitrogen and oxygen atoms in total. The largest absolute Gasteiger partial charge is 0.495 e. The van der Waals surface area contributed by atoms with Crippen molar-refractivity contribution in [1.82, 2.24) is 5.32 Å². The molecule has 86 valence electrons. The molecule has 1 saturated heterocycles. The maximum absolute atomic E-state index is 11.8. The predicted molar refractivity (Wildman–Crippen MR) is 63.0 cm³/mol. The Morgan fingerprint density at radius 3 is 2.94 bits per heavy atom. The molecule has 1 fully saturated rings. The molecule has 0 atom stereocenters. The van der Waals surface area contributed by atoms with Crippen molar-refractivity contribution in [2.75, 3.05) is 31.6 Å². The van der Waals surface area contributed by atoms with Gasteiger partial charge in [0.15, 0.2) is 0 Å². The molecule has 0 spiro atoms. The smallest absolute Gasteiger partial charge is 0.241 e. The number of ether oxygens (including phenoxy) is 1. The lowest BCUT2D eigenvalue weighted by atomic mass is 10.1. The molecule has 1 aromatic carbocycles. The molecule has 0 aliphatic carbocycles. The zero-order valence-corrected chi connectivity index (χ0v) is 9.62. The highest BCUT2D eigenvalue weighted by atomic mass is 16.5. The number of benzene rings is 1. The average Bonchev–Trinajstić information content (AvgIpc) is 2.29. The zero-order chi connectivity index (χ0) is 11.5. The third-order valence-corrected chi connectivity index (χ3v) is 2.71. The van der Waals surface area contributed by atoms with Crippen LogP contribution in [-0.2, 0) is 4.79 Å². The minimum Gasteiger partial charge on any atom is -0.495 e. The number of rotatable bonds is 2. The molecule has 1 aliphatic rings. The van der Waals surface area contributed by atoms with Gasteiger partial charge in [0, 0.05) is 13.1 Å². The predicted octanol–water partition coefficient (Wildman–Crippen LogP) is 0.940. The normalized spacial score (nSPS) is 16.4. The number of carbonyl (C=O) groups is 1. The van der Waals surface area contributed by atoms with Gasteiger partial charge in [-0.1, -0.05) is 6.07 Å². The summed E-state index contributed by atoms with van der Waals surface area (Å²) in [6.45, 7) is 3.92. The first kappa shape index (κ1) is 11.0. The summed E-state index contributed by atoms with van der Waals surface area (Å²) < 4.78 is 5.29. The highest BCUT2D eigenvalue weighted by molar-refractivity contribution is 5.97. The standard InChI is InChI=1S/C12H16N2O2/c1-9-3-4-11(16-2)10(7-9)14-6-5-13-8-12(14)15/h3-4,7,13H,5-6,8H2,1-2H3. The minimum absolute atomic E-state index is 0.0927. The van der Waals surface area contributed by atoms with E-state index in [1.807, 2.05) is 25.1 Å². The van der Waals surface area contributed by atoms with Gasteiger partial charge >= 0.3 is 0 Å². The summed E-state index contributed by atoms with van der Waals surface area (Å²) >= 11 is 0. The summed E-state index contributed by atoms with van der Waals surface area (Å²) in [7, 11) is 1.63. The van der Waals surface area contributed by atoms with Crippen LogP contribution in [0.1, 0.15) is 5.56 Å². The molecule has 0 saturated carbocycles. The molecule has 1 amide bonds. The minimum atomic E-state index is 0.0927. The Morgan fingerprint density at radius 1 is 1.44 bits per heavy atom. The topological polar surface area (TPSA) is 41.6 Å². The molecule has 0 bridgehead atoms. The number of amides is 1. The Balaban J connectivity index is 2.36. The third-order valence-electron chi connectivity index (χ3n) is 2.71. The van der Waals surface area contributed by atoms with E-state index in [1.54, 1.807) is 12.0 Å². The van der Waals surface area contributed by atoms with Crippen molar-refractivity contribution in [2.45, 2.75) is 6.92 Å². The van der Waals surface area contributed by atoms with Crippen molar-refractivity contribution >= 4 is 11.6 Å². The van der Waals surface area contributed by atoms with E-state index in [0.29, 0.717) is 13.1 Å². The van der Waals surface area contributed by atoms with Crippen LogP contribution in [0.25, 0.3) is 0 Å². The number of anilines is 1. The Labute approximate surface area is 95.2 Å². The van der Waals surface area contributed by atoms with Crippen molar-refractivity contribution in [1.29, 1.82) is 0 Å². The molecule has 1 heterocycles. The molecule has 2 rings (SSSR count). The fourth-order valence-corrected chi connectivity index (χ4v) is 1.87. The number of piperazine rings is 1. The molecule has 1 aromatic rings. The summed E-state index contributed by atoms with van der Waals surface area (Å²) in [6, 6.07) is 5.87. The van der Waals surface area contributed by atoms with Gasteiger partial charge in [0.2, 0.25) is 5.91 Å². The monoisotopic (exact) mass is 220 g/mol. The van der Waals surface area contributed by atoms with E-state index in [9.17, 15) is 4.79 Å². The van der Waals surface area contributed by atoms with E-state index in [1.165, 1.54) is 0 Å². The van der Waals surface area contributed by atoms with Gasteiger partial charge in [-0.25, -0.2) is 0 Å². The van der Waals surface area contributed by atoms with E-state index < -0.39 is 0 Å². The number of carbonyl (C=O) groups excluding carboxylic acids is 1. The molecule has 0 radical (unpaired) electrons. The summed E-state index contributed by atoms with van der Waals surface area (Å²) in [5.41, 5.74) is 2.00. The van der Waals surface area contributed by atoms with Crippen LogP contribution in [0.5, 0.6) is 5.75 Å². The second-order valence-corrected chi connectivity index (χ2v) is 3.90. The Bertz CT molecular complexity index is 404. The van der Waals surface area contributed by atoms with Crippen LogP contribution in [0, 0.1) is 6.92 Å². The van der Waals surface area contributed by atoms with Crippen molar-refractivity contribution in [3.63, 3.8) is 0 Å². The maximum Gasteiger partial charge on any atom is 0.241 e. The van der Waals surface area contributed by atoms with E-state index in [4.69, 9.17) is 4.74 Å². The third kappa shape index (κ3) is 2.02. The van der Waals surface area contributed by atoms with E-state index >= 15 is 0 Å². The molecular weight excluding hydrogens is 204 g/mol. The molecule has 0 unspecified atom stereocenters. The summed E-state index contributed by atoms with van der Waals surface area (Å²) in [4.78, 5) is 13.6. The lowest BCUT2D eigenvalue weighted by molar-refractivity contribution is -0.118. The maximum atomic E-state index is 11.8. The van der Waals surface area contributed by atoms with Gasteiger partial charge in [-0.2, -0.15) is 0 Å². The molecule has 1 N–H and O–H groups in total. The SMILES string of the molecule is COc1ccc(C)cc1N1CCNCC1=O. The first-order chi connectivity index (χ1) is 7.72. The van der Waals surface area contributed by atoms with Gasteiger partial charge in [-0.3, -0.25) is 4.79 Å². The van der Waals surface area contributed by atoms with Crippen LogP contribution in [0.2, 0.25) is 0 Å². The van der Waals surface area contributed by atoms with Crippen LogP contribution in [-0.4, -0.2) is 32.7 Å². The van der Waals surface area contributed by atoms with Crippen LogP contribution in [0.3, 0.4) is 0 Å². The van der Waals surface area contributed by atoms with Crippen LogP contribution in [0.15, 0.2) is 18.2 Å². The Hall–Kier alpha value is -1.55. The summed E-state index contributed by atoms with van der Waals surface area (Å²) in [5, 5.41) is 3.05. The fourth-order valence-electron chi connectivity index (χ4n) is 1.87. The number of hydrogen-bond donors (Lipinski definition) is 1. The molecular formula is C12H16N2O2. The Kier molecular flexibility index (Phi) is 3.10. The van der Waals surface area contributed by atoms with Crippen LogP contribution < -0.4 is 15.0 Å². The molecule has 1 aliphatic heterocycles. The molecule has 16 heavy (non-hydrogen) atoms. The number of nitrogens with zero attached hydrogens (tertiary/aromatic N) is 1. The zero-order valence-electron chi connectivity index (χ0n) is 9.62. The summed E-state index contributed by atoms with van der Waals surface area (Å²) in [6.07, 6.45) is 0. The lowest BCUT2D eigenvalue weighted by Crippen LogP contribution is -2.48. The Morgan fingerprint density at radius 2 is 2.25 bits per heavy atom.